The molecule has 1 unspecified atom stereocenters. The fourth-order valence-corrected chi connectivity index (χ4v) is 2.60. The van der Waals surface area contributed by atoms with Crippen LogP contribution in [0.4, 0.5) is 0 Å². The summed E-state index contributed by atoms with van der Waals surface area (Å²) in [5, 5.41) is 0. The first-order valence-corrected chi connectivity index (χ1v) is 4.68. The van der Waals surface area contributed by atoms with E-state index in [1.807, 2.05) is 0 Å². The van der Waals surface area contributed by atoms with Gasteiger partial charge >= 0.3 is 0 Å². The van der Waals surface area contributed by atoms with Gasteiger partial charge in [0, 0.05) is 5.41 Å². The molecule has 1 heterocycles. The number of ether oxygens (including phenoxy) is 1. The largest absolute Gasteiger partial charge is 0.380 e. The van der Waals surface area contributed by atoms with Crippen LogP contribution in [0.3, 0.4) is 0 Å². The highest BCUT2D eigenvalue weighted by Gasteiger charge is 2.61. The Morgan fingerprint density at radius 3 is 1.91 bits per heavy atom. The van der Waals surface area contributed by atoms with Crippen molar-refractivity contribution < 1.29 is 4.74 Å². The highest BCUT2D eigenvalue weighted by atomic mass is 16.5. The Morgan fingerprint density at radius 1 is 1.18 bits per heavy atom. The number of hydrogen-bond acceptors (Lipinski definition) is 1. The second-order valence-corrected chi connectivity index (χ2v) is 4.85. The van der Waals surface area contributed by atoms with Crippen molar-refractivity contribution in [3.8, 4) is 0 Å². The van der Waals surface area contributed by atoms with Crippen LogP contribution in [0, 0.1) is 16.7 Å². The molecule has 0 bridgehead atoms. The van der Waals surface area contributed by atoms with Gasteiger partial charge in [0.1, 0.15) is 0 Å². The first-order valence-electron chi connectivity index (χ1n) is 4.68. The predicted molar refractivity (Wildman–Crippen MR) is 45.4 cm³/mol. The van der Waals surface area contributed by atoms with E-state index in [4.69, 9.17) is 4.74 Å². The highest BCUT2D eigenvalue weighted by molar-refractivity contribution is 5.08. The maximum Gasteiger partial charge on any atom is 0.0550 e. The maximum absolute atomic E-state index is 5.33. The van der Waals surface area contributed by atoms with Crippen LogP contribution in [0.15, 0.2) is 0 Å². The van der Waals surface area contributed by atoms with E-state index in [-0.39, 0.29) is 0 Å². The van der Waals surface area contributed by atoms with Gasteiger partial charge in [-0.05, 0) is 24.2 Å². The number of rotatable bonds is 1. The summed E-state index contributed by atoms with van der Waals surface area (Å²) in [5.41, 5.74) is 1.19. The van der Waals surface area contributed by atoms with Gasteiger partial charge in [-0.2, -0.15) is 0 Å². The van der Waals surface area contributed by atoms with Gasteiger partial charge in [-0.3, -0.25) is 0 Å². The van der Waals surface area contributed by atoms with E-state index in [9.17, 15) is 0 Å². The van der Waals surface area contributed by atoms with Crippen LogP contribution in [-0.4, -0.2) is 13.2 Å². The van der Waals surface area contributed by atoms with Crippen LogP contribution in [-0.2, 0) is 4.74 Å². The molecule has 11 heavy (non-hydrogen) atoms. The van der Waals surface area contributed by atoms with Gasteiger partial charge in [-0.25, -0.2) is 0 Å². The molecule has 1 spiro atoms. The van der Waals surface area contributed by atoms with Crippen LogP contribution < -0.4 is 0 Å². The molecule has 0 aromatic rings. The van der Waals surface area contributed by atoms with Gasteiger partial charge in [0.25, 0.3) is 0 Å². The van der Waals surface area contributed by atoms with E-state index in [0.29, 0.717) is 10.8 Å². The lowest BCUT2D eigenvalue weighted by Crippen LogP contribution is -2.63. The van der Waals surface area contributed by atoms with Crippen molar-refractivity contribution >= 4 is 0 Å². The van der Waals surface area contributed by atoms with Gasteiger partial charge in [0.2, 0.25) is 0 Å². The Hall–Kier alpha value is -0.0400. The van der Waals surface area contributed by atoms with E-state index < -0.39 is 0 Å². The van der Waals surface area contributed by atoms with Crippen molar-refractivity contribution in [2.24, 2.45) is 16.7 Å². The standard InChI is InChI=1S/C10H18O/c1-8(2)9(3)4-5-10(9)6-11-7-10/h8H,4-7H2,1-3H3. The maximum atomic E-state index is 5.33. The minimum atomic E-state index is 0.589. The summed E-state index contributed by atoms with van der Waals surface area (Å²) in [6, 6.07) is 0. The summed E-state index contributed by atoms with van der Waals surface area (Å²) in [6.07, 6.45) is 2.82. The molecular weight excluding hydrogens is 136 g/mol. The second-order valence-electron chi connectivity index (χ2n) is 4.85. The lowest BCUT2D eigenvalue weighted by molar-refractivity contribution is -0.253. The zero-order chi connectivity index (χ0) is 8.11. The Kier molecular flexibility index (Phi) is 1.39. The lowest BCUT2D eigenvalue weighted by Gasteiger charge is -2.64. The number of hydrogen-bond donors (Lipinski definition) is 0. The molecule has 0 N–H and O–H groups in total. The SMILES string of the molecule is CC(C)C1(C)CCC12COC2. The second kappa shape index (κ2) is 2.01. The van der Waals surface area contributed by atoms with Gasteiger partial charge in [0.05, 0.1) is 13.2 Å². The highest BCUT2D eigenvalue weighted by Crippen LogP contribution is 2.63. The van der Waals surface area contributed by atoms with Crippen molar-refractivity contribution in [2.75, 3.05) is 13.2 Å². The smallest absolute Gasteiger partial charge is 0.0550 e. The van der Waals surface area contributed by atoms with E-state index in [2.05, 4.69) is 20.8 Å². The fraction of sp³-hybridized carbons (Fsp3) is 1.00. The molecule has 1 heteroatoms. The Bertz CT molecular complexity index is 164. The summed E-state index contributed by atoms with van der Waals surface area (Å²) in [7, 11) is 0. The zero-order valence-corrected chi connectivity index (χ0v) is 7.81. The topological polar surface area (TPSA) is 9.23 Å². The molecule has 1 saturated heterocycles. The Balaban J connectivity index is 2.14. The molecular formula is C10H18O. The molecule has 2 fully saturated rings. The Labute approximate surface area is 69.1 Å². The zero-order valence-electron chi connectivity index (χ0n) is 7.81. The summed E-state index contributed by atoms with van der Waals surface area (Å²) >= 11 is 0. The third-order valence-corrected chi connectivity index (χ3v) is 4.37. The molecule has 1 saturated carbocycles. The van der Waals surface area contributed by atoms with Crippen LogP contribution in [0.5, 0.6) is 0 Å². The lowest BCUT2D eigenvalue weighted by atomic mass is 9.45. The first-order chi connectivity index (χ1) is 5.11. The van der Waals surface area contributed by atoms with Crippen molar-refractivity contribution in [3.63, 3.8) is 0 Å². The van der Waals surface area contributed by atoms with Crippen molar-refractivity contribution in [1.29, 1.82) is 0 Å². The molecule has 0 aromatic heterocycles. The molecule has 1 atom stereocenters. The normalized spacial score (nSPS) is 40.4. The van der Waals surface area contributed by atoms with Gasteiger partial charge in [0.15, 0.2) is 0 Å². The average Bonchev–Trinajstić information content (AvgIpc) is 1.80. The quantitative estimate of drug-likeness (QED) is 0.563. The molecule has 1 nitrogen and oxygen atoms in total. The van der Waals surface area contributed by atoms with E-state index in [1.54, 1.807) is 0 Å². The third kappa shape index (κ3) is 0.703. The minimum Gasteiger partial charge on any atom is -0.380 e. The van der Waals surface area contributed by atoms with Crippen molar-refractivity contribution in [3.05, 3.63) is 0 Å². The molecule has 0 amide bonds. The van der Waals surface area contributed by atoms with Crippen LogP contribution in [0.1, 0.15) is 33.6 Å². The summed E-state index contributed by atoms with van der Waals surface area (Å²) in [4.78, 5) is 0. The van der Waals surface area contributed by atoms with Gasteiger partial charge in [-0.15, -0.1) is 0 Å². The molecule has 0 aromatic carbocycles. The summed E-state index contributed by atoms with van der Waals surface area (Å²) < 4.78 is 5.33. The van der Waals surface area contributed by atoms with E-state index >= 15 is 0 Å². The van der Waals surface area contributed by atoms with Crippen molar-refractivity contribution in [2.45, 2.75) is 33.6 Å². The van der Waals surface area contributed by atoms with E-state index in [1.165, 1.54) is 12.8 Å². The first kappa shape index (κ1) is 7.60. The van der Waals surface area contributed by atoms with Crippen LogP contribution in [0.2, 0.25) is 0 Å². The van der Waals surface area contributed by atoms with Crippen LogP contribution >= 0.6 is 0 Å². The summed E-state index contributed by atoms with van der Waals surface area (Å²) in [6.45, 7) is 9.19. The molecule has 2 rings (SSSR count). The average molecular weight is 154 g/mol. The molecule has 2 aliphatic rings. The third-order valence-electron chi connectivity index (χ3n) is 4.37. The molecule has 1 aliphatic heterocycles. The van der Waals surface area contributed by atoms with Crippen LogP contribution in [0.25, 0.3) is 0 Å². The van der Waals surface area contributed by atoms with Gasteiger partial charge in [-0.1, -0.05) is 20.8 Å². The molecule has 0 radical (unpaired) electrons. The Morgan fingerprint density at radius 2 is 1.82 bits per heavy atom. The van der Waals surface area contributed by atoms with Crippen molar-refractivity contribution in [1.82, 2.24) is 0 Å². The minimum absolute atomic E-state index is 0.589. The molecule has 64 valence electrons. The summed E-state index contributed by atoms with van der Waals surface area (Å²) in [5.74, 6) is 0.820. The monoisotopic (exact) mass is 154 g/mol. The van der Waals surface area contributed by atoms with E-state index in [0.717, 1.165) is 19.1 Å². The predicted octanol–water partition coefficient (Wildman–Crippen LogP) is 2.46. The fourth-order valence-electron chi connectivity index (χ4n) is 2.60. The molecule has 1 aliphatic carbocycles. The van der Waals surface area contributed by atoms with Gasteiger partial charge < -0.3 is 4.74 Å².